The SMILES string of the molecule is CCOc1cc(/C=C(/C#N)C(=O)NC(C)c2ccccc2)ccc1O. The van der Waals surface area contributed by atoms with E-state index < -0.39 is 5.91 Å². The Morgan fingerprint density at radius 2 is 2.04 bits per heavy atom. The highest BCUT2D eigenvalue weighted by atomic mass is 16.5. The Bertz CT molecular complexity index is 807. The number of amides is 1. The van der Waals surface area contributed by atoms with Crippen LogP contribution >= 0.6 is 0 Å². The lowest BCUT2D eigenvalue weighted by molar-refractivity contribution is -0.117. The summed E-state index contributed by atoms with van der Waals surface area (Å²) in [7, 11) is 0. The molecule has 25 heavy (non-hydrogen) atoms. The molecule has 0 aromatic heterocycles. The predicted molar refractivity (Wildman–Crippen MR) is 95.9 cm³/mol. The zero-order valence-electron chi connectivity index (χ0n) is 14.2. The van der Waals surface area contributed by atoms with Gasteiger partial charge in [-0.25, -0.2) is 0 Å². The molecule has 2 aromatic carbocycles. The lowest BCUT2D eigenvalue weighted by Crippen LogP contribution is -2.27. The highest BCUT2D eigenvalue weighted by molar-refractivity contribution is 6.01. The van der Waals surface area contributed by atoms with Crippen molar-refractivity contribution < 1.29 is 14.6 Å². The van der Waals surface area contributed by atoms with E-state index in [4.69, 9.17) is 4.74 Å². The van der Waals surface area contributed by atoms with Crippen LogP contribution in [0.25, 0.3) is 6.08 Å². The van der Waals surface area contributed by atoms with Crippen molar-refractivity contribution in [3.63, 3.8) is 0 Å². The fourth-order valence-electron chi connectivity index (χ4n) is 2.31. The third kappa shape index (κ3) is 4.85. The Hall–Kier alpha value is -3.26. The first-order valence-electron chi connectivity index (χ1n) is 7.98. The van der Waals surface area contributed by atoms with E-state index in [1.807, 2.05) is 43.3 Å². The molecule has 0 radical (unpaired) electrons. The molecule has 1 unspecified atom stereocenters. The van der Waals surface area contributed by atoms with Crippen molar-refractivity contribution in [3.05, 3.63) is 65.2 Å². The molecule has 0 aliphatic rings. The molecule has 2 N–H and O–H groups in total. The molecule has 5 nitrogen and oxygen atoms in total. The third-order valence-electron chi connectivity index (χ3n) is 3.61. The molecular formula is C20H20N2O3. The second-order valence-electron chi connectivity index (χ2n) is 5.44. The molecule has 2 rings (SSSR count). The van der Waals surface area contributed by atoms with Gasteiger partial charge in [0.05, 0.1) is 12.6 Å². The summed E-state index contributed by atoms with van der Waals surface area (Å²) in [5, 5.41) is 21.8. The zero-order valence-corrected chi connectivity index (χ0v) is 14.2. The lowest BCUT2D eigenvalue weighted by Gasteiger charge is -2.13. The van der Waals surface area contributed by atoms with Crippen molar-refractivity contribution in [2.45, 2.75) is 19.9 Å². The van der Waals surface area contributed by atoms with Crippen LogP contribution in [0.2, 0.25) is 0 Å². The Balaban J connectivity index is 2.18. The molecule has 5 heteroatoms. The van der Waals surface area contributed by atoms with Crippen LogP contribution in [-0.2, 0) is 4.79 Å². The molecule has 128 valence electrons. The van der Waals surface area contributed by atoms with Gasteiger partial charge in [0.2, 0.25) is 0 Å². The summed E-state index contributed by atoms with van der Waals surface area (Å²) in [5.74, 6) is -0.129. The van der Waals surface area contributed by atoms with E-state index in [1.54, 1.807) is 19.1 Å². The quantitative estimate of drug-likeness (QED) is 0.624. The minimum atomic E-state index is -0.454. The number of aromatic hydroxyl groups is 1. The molecule has 0 aliphatic heterocycles. The topological polar surface area (TPSA) is 82.3 Å². The molecule has 0 saturated heterocycles. The van der Waals surface area contributed by atoms with Gasteiger partial charge < -0.3 is 15.2 Å². The molecule has 0 spiro atoms. The molecule has 1 atom stereocenters. The second kappa shape index (κ2) is 8.55. The van der Waals surface area contributed by atoms with E-state index >= 15 is 0 Å². The minimum Gasteiger partial charge on any atom is -0.504 e. The van der Waals surface area contributed by atoms with Gasteiger partial charge >= 0.3 is 0 Å². The number of ether oxygens (including phenoxy) is 1. The summed E-state index contributed by atoms with van der Waals surface area (Å²) in [6.45, 7) is 4.07. The Morgan fingerprint density at radius 3 is 2.68 bits per heavy atom. The molecule has 0 bridgehead atoms. The van der Waals surface area contributed by atoms with Crippen LogP contribution < -0.4 is 10.1 Å². The summed E-state index contributed by atoms with van der Waals surface area (Å²) in [6.07, 6.45) is 1.47. The van der Waals surface area contributed by atoms with Crippen LogP contribution in [0.3, 0.4) is 0 Å². The first kappa shape index (κ1) is 18.1. The summed E-state index contributed by atoms with van der Waals surface area (Å²) >= 11 is 0. The van der Waals surface area contributed by atoms with Crippen LogP contribution in [-0.4, -0.2) is 17.6 Å². The van der Waals surface area contributed by atoms with Crippen molar-refractivity contribution in [2.75, 3.05) is 6.61 Å². The second-order valence-corrected chi connectivity index (χ2v) is 5.44. The first-order chi connectivity index (χ1) is 12.0. The van der Waals surface area contributed by atoms with Crippen molar-refractivity contribution in [1.82, 2.24) is 5.32 Å². The van der Waals surface area contributed by atoms with Gasteiger partial charge in [-0.1, -0.05) is 36.4 Å². The first-order valence-corrected chi connectivity index (χ1v) is 7.98. The maximum Gasteiger partial charge on any atom is 0.262 e. The van der Waals surface area contributed by atoms with Crippen molar-refractivity contribution in [2.24, 2.45) is 0 Å². The number of phenolic OH excluding ortho intramolecular Hbond substituents is 1. The fourth-order valence-corrected chi connectivity index (χ4v) is 2.31. The number of benzene rings is 2. The van der Waals surface area contributed by atoms with E-state index in [9.17, 15) is 15.2 Å². The number of phenols is 1. The van der Waals surface area contributed by atoms with Gasteiger partial charge in [-0.15, -0.1) is 0 Å². The van der Waals surface area contributed by atoms with Crippen LogP contribution in [0, 0.1) is 11.3 Å². The fraction of sp³-hybridized carbons (Fsp3) is 0.200. The van der Waals surface area contributed by atoms with Crippen molar-refractivity contribution in [3.8, 4) is 17.6 Å². The standard InChI is InChI=1S/C20H20N2O3/c1-3-25-19-12-15(9-10-18(19)23)11-17(13-21)20(24)22-14(2)16-7-5-4-6-8-16/h4-12,14,23H,3H2,1-2H3,(H,22,24)/b17-11-. The van der Waals surface area contributed by atoms with Gasteiger partial charge in [0.25, 0.3) is 5.91 Å². The van der Waals surface area contributed by atoms with E-state index in [0.29, 0.717) is 17.9 Å². The summed E-state index contributed by atoms with van der Waals surface area (Å²) in [6, 6.07) is 15.9. The van der Waals surface area contributed by atoms with Crippen LogP contribution in [0.1, 0.15) is 31.0 Å². The predicted octanol–water partition coefficient (Wildman–Crippen LogP) is 3.58. The highest BCUT2D eigenvalue weighted by Gasteiger charge is 2.14. The van der Waals surface area contributed by atoms with Crippen molar-refractivity contribution >= 4 is 12.0 Å². The normalized spacial score (nSPS) is 12.1. The molecular weight excluding hydrogens is 316 g/mol. The molecule has 2 aromatic rings. The van der Waals surface area contributed by atoms with Gasteiger partial charge in [-0.3, -0.25) is 4.79 Å². The summed E-state index contributed by atoms with van der Waals surface area (Å²) in [5.41, 5.74) is 1.53. The van der Waals surface area contributed by atoms with Gasteiger partial charge in [0, 0.05) is 0 Å². The van der Waals surface area contributed by atoms with Crippen LogP contribution in [0.5, 0.6) is 11.5 Å². The molecule has 0 heterocycles. The Kier molecular flexibility index (Phi) is 6.19. The van der Waals surface area contributed by atoms with E-state index in [-0.39, 0.29) is 17.4 Å². The van der Waals surface area contributed by atoms with Crippen LogP contribution in [0.4, 0.5) is 0 Å². The average Bonchev–Trinajstić information content (AvgIpc) is 2.63. The summed E-state index contributed by atoms with van der Waals surface area (Å²) in [4.78, 5) is 12.4. The highest BCUT2D eigenvalue weighted by Crippen LogP contribution is 2.27. The van der Waals surface area contributed by atoms with E-state index in [1.165, 1.54) is 12.1 Å². The number of carbonyl (C=O) groups excluding carboxylic acids is 1. The monoisotopic (exact) mass is 336 g/mol. The number of rotatable bonds is 6. The number of nitrogens with one attached hydrogen (secondary N) is 1. The number of carbonyl (C=O) groups is 1. The summed E-state index contributed by atoms with van der Waals surface area (Å²) < 4.78 is 5.31. The van der Waals surface area contributed by atoms with Gasteiger partial charge in [0.15, 0.2) is 11.5 Å². The van der Waals surface area contributed by atoms with E-state index in [2.05, 4.69) is 5.32 Å². The average molecular weight is 336 g/mol. The third-order valence-corrected chi connectivity index (χ3v) is 3.61. The van der Waals surface area contributed by atoms with E-state index in [0.717, 1.165) is 5.56 Å². The Labute approximate surface area is 147 Å². The largest absolute Gasteiger partial charge is 0.504 e. The van der Waals surface area contributed by atoms with Gasteiger partial charge in [0.1, 0.15) is 11.6 Å². The number of nitriles is 1. The maximum absolute atomic E-state index is 12.4. The minimum absolute atomic E-state index is 0.0136. The Morgan fingerprint density at radius 1 is 1.32 bits per heavy atom. The van der Waals surface area contributed by atoms with Gasteiger partial charge in [-0.05, 0) is 43.2 Å². The van der Waals surface area contributed by atoms with Crippen molar-refractivity contribution in [1.29, 1.82) is 5.26 Å². The number of nitrogens with zero attached hydrogens (tertiary/aromatic N) is 1. The zero-order chi connectivity index (χ0) is 18.2. The maximum atomic E-state index is 12.4. The van der Waals surface area contributed by atoms with Gasteiger partial charge in [-0.2, -0.15) is 5.26 Å². The molecule has 1 amide bonds. The lowest BCUT2D eigenvalue weighted by atomic mass is 10.1. The molecule has 0 aliphatic carbocycles. The number of hydrogen-bond acceptors (Lipinski definition) is 4. The number of hydrogen-bond donors (Lipinski definition) is 2. The molecule has 0 saturated carbocycles. The van der Waals surface area contributed by atoms with Crippen LogP contribution in [0.15, 0.2) is 54.1 Å². The molecule has 0 fully saturated rings. The smallest absolute Gasteiger partial charge is 0.262 e.